The maximum absolute atomic E-state index is 14.0. The first-order valence-corrected chi connectivity index (χ1v) is 5.72. The van der Waals surface area contributed by atoms with Gasteiger partial charge in [-0.25, -0.2) is 4.39 Å². The molecule has 17 heavy (non-hydrogen) atoms. The van der Waals surface area contributed by atoms with E-state index in [1.165, 1.54) is 6.08 Å². The van der Waals surface area contributed by atoms with Gasteiger partial charge in [-0.15, -0.1) is 0 Å². The van der Waals surface area contributed by atoms with Gasteiger partial charge in [-0.2, -0.15) is 0 Å². The molecule has 0 saturated heterocycles. The van der Waals surface area contributed by atoms with Crippen molar-refractivity contribution in [2.45, 2.75) is 20.8 Å². The summed E-state index contributed by atoms with van der Waals surface area (Å²) in [5.41, 5.74) is 2.13. The number of hydrogen-bond acceptors (Lipinski definition) is 1. The molecule has 1 heterocycles. The predicted octanol–water partition coefficient (Wildman–Crippen LogP) is 4.55. The Balaban J connectivity index is 3.39. The monoisotopic (exact) mass is 231 g/mol. The average molecular weight is 231 g/mol. The van der Waals surface area contributed by atoms with Gasteiger partial charge < -0.3 is 0 Å². The molecule has 0 fully saturated rings. The van der Waals surface area contributed by atoms with Crippen molar-refractivity contribution >= 4 is 5.57 Å². The highest BCUT2D eigenvalue weighted by molar-refractivity contribution is 5.80. The minimum atomic E-state index is -0.328. The summed E-state index contributed by atoms with van der Waals surface area (Å²) in [6, 6.07) is 5.48. The second-order valence-corrected chi connectivity index (χ2v) is 4.04. The van der Waals surface area contributed by atoms with Gasteiger partial charge in [0.05, 0.1) is 5.69 Å². The molecule has 0 radical (unpaired) electrons. The van der Waals surface area contributed by atoms with E-state index in [4.69, 9.17) is 0 Å². The first kappa shape index (κ1) is 13.4. The molecule has 0 aliphatic rings. The molecule has 0 aromatic carbocycles. The van der Waals surface area contributed by atoms with Crippen LogP contribution in [0.4, 0.5) is 4.39 Å². The highest BCUT2D eigenvalue weighted by Gasteiger charge is 2.15. The maximum Gasteiger partial charge on any atom is 0.132 e. The van der Waals surface area contributed by atoms with Crippen LogP contribution in [0.2, 0.25) is 0 Å². The summed E-state index contributed by atoms with van der Waals surface area (Å²) in [5.74, 6) is -0.0896. The normalized spacial score (nSPS) is 13.6. The third-order valence-electron chi connectivity index (χ3n) is 2.56. The Bertz CT molecular complexity index is 441. The molecule has 1 aromatic heterocycles. The van der Waals surface area contributed by atoms with Crippen LogP contribution in [0.15, 0.2) is 54.5 Å². The van der Waals surface area contributed by atoms with Crippen LogP contribution in [0.5, 0.6) is 0 Å². The molecule has 90 valence electrons. The fourth-order valence-corrected chi connectivity index (χ4v) is 1.79. The van der Waals surface area contributed by atoms with Crippen molar-refractivity contribution in [2.24, 2.45) is 5.92 Å². The topological polar surface area (TPSA) is 12.9 Å². The van der Waals surface area contributed by atoms with E-state index in [-0.39, 0.29) is 11.7 Å². The second kappa shape index (κ2) is 6.14. The molecule has 0 bridgehead atoms. The van der Waals surface area contributed by atoms with Crippen molar-refractivity contribution in [1.29, 1.82) is 0 Å². The minimum Gasteiger partial charge on any atom is -0.256 e. The van der Waals surface area contributed by atoms with E-state index in [1.54, 1.807) is 6.20 Å². The van der Waals surface area contributed by atoms with Gasteiger partial charge in [0.2, 0.25) is 0 Å². The molecular formula is C15H18FN. The van der Waals surface area contributed by atoms with Gasteiger partial charge in [0, 0.05) is 11.8 Å². The standard InChI is InChI=1S/C15H18FN/c1-5-12(11(3)4)15(13(16)6-2)14-9-7-8-10-17-14/h5-11H,2H2,1,3-4H3/b12-5-,15-13-. The first-order chi connectivity index (χ1) is 8.11. The summed E-state index contributed by atoms with van der Waals surface area (Å²) in [5, 5.41) is 0. The number of halogens is 1. The number of rotatable bonds is 4. The zero-order chi connectivity index (χ0) is 12.8. The summed E-state index contributed by atoms with van der Waals surface area (Å²) >= 11 is 0. The van der Waals surface area contributed by atoms with E-state index in [0.717, 1.165) is 5.57 Å². The van der Waals surface area contributed by atoms with Crippen molar-refractivity contribution in [3.05, 3.63) is 60.2 Å². The number of pyridine rings is 1. The Morgan fingerprint density at radius 2 is 2.12 bits per heavy atom. The zero-order valence-corrected chi connectivity index (χ0v) is 10.6. The number of hydrogen-bond donors (Lipinski definition) is 0. The zero-order valence-electron chi connectivity index (χ0n) is 10.6. The van der Waals surface area contributed by atoms with Crippen molar-refractivity contribution in [3.8, 4) is 0 Å². The van der Waals surface area contributed by atoms with Crippen LogP contribution in [-0.2, 0) is 0 Å². The summed E-state index contributed by atoms with van der Waals surface area (Å²) in [6.45, 7) is 9.48. The van der Waals surface area contributed by atoms with Gasteiger partial charge >= 0.3 is 0 Å². The Morgan fingerprint density at radius 3 is 2.53 bits per heavy atom. The van der Waals surface area contributed by atoms with Gasteiger partial charge in [-0.3, -0.25) is 4.98 Å². The van der Waals surface area contributed by atoms with Gasteiger partial charge in [-0.1, -0.05) is 32.6 Å². The van der Waals surface area contributed by atoms with E-state index in [2.05, 4.69) is 11.6 Å². The summed E-state index contributed by atoms with van der Waals surface area (Å²) < 4.78 is 14.0. The fraction of sp³-hybridized carbons (Fsp3) is 0.267. The van der Waals surface area contributed by atoms with E-state index < -0.39 is 0 Å². The lowest BCUT2D eigenvalue weighted by Gasteiger charge is -2.15. The fourth-order valence-electron chi connectivity index (χ4n) is 1.79. The van der Waals surface area contributed by atoms with E-state index in [9.17, 15) is 4.39 Å². The number of allylic oxidation sites excluding steroid dienone is 5. The second-order valence-electron chi connectivity index (χ2n) is 4.04. The SMILES string of the molecule is C=C/C(F)=C(\C(=C/C)C(C)C)c1ccccn1. The molecule has 0 atom stereocenters. The Kier molecular flexibility index (Phi) is 4.83. The summed E-state index contributed by atoms with van der Waals surface area (Å²) in [7, 11) is 0. The molecule has 1 nitrogen and oxygen atoms in total. The number of aromatic nitrogens is 1. The third-order valence-corrected chi connectivity index (χ3v) is 2.56. The highest BCUT2D eigenvalue weighted by Crippen LogP contribution is 2.31. The van der Waals surface area contributed by atoms with E-state index in [0.29, 0.717) is 11.3 Å². The quantitative estimate of drug-likeness (QED) is 0.693. The van der Waals surface area contributed by atoms with Gasteiger partial charge in [-0.05, 0) is 36.6 Å². The molecule has 2 heteroatoms. The largest absolute Gasteiger partial charge is 0.256 e. The minimum absolute atomic E-state index is 0.239. The van der Waals surface area contributed by atoms with Gasteiger partial charge in [0.1, 0.15) is 5.83 Å². The van der Waals surface area contributed by atoms with Crippen molar-refractivity contribution in [1.82, 2.24) is 4.98 Å². The van der Waals surface area contributed by atoms with Gasteiger partial charge in [0.15, 0.2) is 0 Å². The van der Waals surface area contributed by atoms with Crippen LogP contribution in [0.3, 0.4) is 0 Å². The summed E-state index contributed by atoms with van der Waals surface area (Å²) in [6.07, 6.45) is 4.83. The Labute approximate surface area is 102 Å². The smallest absolute Gasteiger partial charge is 0.132 e. The van der Waals surface area contributed by atoms with Crippen LogP contribution in [0, 0.1) is 5.92 Å². The first-order valence-electron chi connectivity index (χ1n) is 5.72. The van der Waals surface area contributed by atoms with E-state index >= 15 is 0 Å². The molecule has 0 aliphatic heterocycles. The number of nitrogens with zero attached hydrogens (tertiary/aromatic N) is 1. The highest BCUT2D eigenvalue weighted by atomic mass is 19.1. The van der Waals surface area contributed by atoms with Crippen LogP contribution in [0.25, 0.3) is 5.57 Å². The van der Waals surface area contributed by atoms with E-state index in [1.807, 2.05) is 45.0 Å². The lowest BCUT2D eigenvalue weighted by Crippen LogP contribution is -2.01. The van der Waals surface area contributed by atoms with Crippen LogP contribution >= 0.6 is 0 Å². The van der Waals surface area contributed by atoms with Crippen LogP contribution in [0.1, 0.15) is 26.5 Å². The molecule has 0 amide bonds. The molecular weight excluding hydrogens is 213 g/mol. The van der Waals surface area contributed by atoms with Gasteiger partial charge in [0.25, 0.3) is 0 Å². The average Bonchev–Trinajstić information content (AvgIpc) is 2.35. The van der Waals surface area contributed by atoms with Crippen LogP contribution < -0.4 is 0 Å². The molecule has 0 spiro atoms. The van der Waals surface area contributed by atoms with Crippen molar-refractivity contribution < 1.29 is 4.39 Å². The Morgan fingerprint density at radius 1 is 1.41 bits per heavy atom. The molecule has 1 rings (SSSR count). The summed E-state index contributed by atoms with van der Waals surface area (Å²) in [4.78, 5) is 4.21. The third kappa shape index (κ3) is 3.13. The lowest BCUT2D eigenvalue weighted by atomic mass is 9.91. The maximum atomic E-state index is 14.0. The van der Waals surface area contributed by atoms with Crippen LogP contribution in [-0.4, -0.2) is 4.98 Å². The van der Waals surface area contributed by atoms with Crippen molar-refractivity contribution in [3.63, 3.8) is 0 Å². The predicted molar refractivity (Wildman–Crippen MR) is 71.1 cm³/mol. The lowest BCUT2D eigenvalue weighted by molar-refractivity contribution is 0.665. The molecule has 0 saturated carbocycles. The molecule has 0 aliphatic carbocycles. The molecule has 0 N–H and O–H groups in total. The molecule has 0 unspecified atom stereocenters. The molecule has 1 aromatic rings. The van der Waals surface area contributed by atoms with Crippen molar-refractivity contribution in [2.75, 3.05) is 0 Å². The Hall–Kier alpha value is -1.70.